The van der Waals surface area contributed by atoms with Gasteiger partial charge >= 0.3 is 6.09 Å². The standard InChI is InChI=1S/C12H19N3O5S/c1-3-4-8-20-12(17)15-10(9-21(2,18)19)11(16)14-7-5-6-13/h3,10H,1,4-5,7-9H2,2H3,(H,14,16)(H,15,17). The van der Waals surface area contributed by atoms with Gasteiger partial charge in [0.1, 0.15) is 15.9 Å². The van der Waals surface area contributed by atoms with E-state index in [0.29, 0.717) is 6.42 Å². The zero-order chi connectivity index (χ0) is 16.3. The van der Waals surface area contributed by atoms with Crippen LogP contribution in [0.4, 0.5) is 4.79 Å². The third-order valence-corrected chi connectivity index (χ3v) is 3.11. The Kier molecular flexibility index (Phi) is 8.80. The van der Waals surface area contributed by atoms with Crippen molar-refractivity contribution in [3.8, 4) is 6.07 Å². The number of rotatable bonds is 9. The van der Waals surface area contributed by atoms with E-state index in [1.165, 1.54) is 0 Å². The number of amides is 2. The van der Waals surface area contributed by atoms with E-state index in [1.54, 1.807) is 6.08 Å². The molecule has 8 nitrogen and oxygen atoms in total. The van der Waals surface area contributed by atoms with E-state index in [9.17, 15) is 18.0 Å². The van der Waals surface area contributed by atoms with E-state index in [1.807, 2.05) is 6.07 Å². The van der Waals surface area contributed by atoms with Gasteiger partial charge in [-0.25, -0.2) is 13.2 Å². The molecule has 0 aliphatic heterocycles. The zero-order valence-electron chi connectivity index (χ0n) is 11.8. The molecule has 1 atom stereocenters. The third kappa shape index (κ3) is 10.4. The van der Waals surface area contributed by atoms with Gasteiger partial charge in [-0.2, -0.15) is 5.26 Å². The summed E-state index contributed by atoms with van der Waals surface area (Å²) in [5.41, 5.74) is 0. The van der Waals surface area contributed by atoms with Crippen molar-refractivity contribution in [3.63, 3.8) is 0 Å². The summed E-state index contributed by atoms with van der Waals surface area (Å²) >= 11 is 0. The third-order valence-electron chi connectivity index (χ3n) is 2.17. The number of hydrogen-bond donors (Lipinski definition) is 2. The lowest BCUT2D eigenvalue weighted by molar-refractivity contribution is -0.122. The summed E-state index contributed by atoms with van der Waals surface area (Å²) in [6.07, 6.45) is 2.14. The number of carbonyl (C=O) groups is 2. The first-order valence-electron chi connectivity index (χ1n) is 6.16. The van der Waals surface area contributed by atoms with Crippen LogP contribution in [-0.2, 0) is 19.4 Å². The van der Waals surface area contributed by atoms with E-state index in [2.05, 4.69) is 17.2 Å². The number of sulfone groups is 1. The molecule has 118 valence electrons. The van der Waals surface area contributed by atoms with Gasteiger partial charge in [-0.15, -0.1) is 6.58 Å². The van der Waals surface area contributed by atoms with Crippen molar-refractivity contribution in [2.75, 3.05) is 25.2 Å². The number of nitriles is 1. The van der Waals surface area contributed by atoms with Crippen LogP contribution in [0.2, 0.25) is 0 Å². The Morgan fingerprint density at radius 2 is 2.14 bits per heavy atom. The maximum atomic E-state index is 11.8. The first kappa shape index (κ1) is 18.9. The topological polar surface area (TPSA) is 125 Å². The summed E-state index contributed by atoms with van der Waals surface area (Å²) in [5, 5.41) is 12.9. The molecule has 9 heteroatoms. The fraction of sp³-hybridized carbons (Fsp3) is 0.583. The molecule has 0 rings (SSSR count). The zero-order valence-corrected chi connectivity index (χ0v) is 12.6. The van der Waals surface area contributed by atoms with E-state index >= 15 is 0 Å². The lowest BCUT2D eigenvalue weighted by Crippen LogP contribution is -2.50. The summed E-state index contributed by atoms with van der Waals surface area (Å²) in [6.45, 7) is 3.61. The number of carbonyl (C=O) groups excluding carboxylic acids is 2. The molecule has 0 aliphatic carbocycles. The summed E-state index contributed by atoms with van der Waals surface area (Å²) < 4.78 is 27.3. The minimum Gasteiger partial charge on any atom is -0.449 e. The molecule has 2 amide bonds. The first-order chi connectivity index (χ1) is 9.80. The number of hydrogen-bond acceptors (Lipinski definition) is 6. The lowest BCUT2D eigenvalue weighted by atomic mass is 10.3. The second-order valence-electron chi connectivity index (χ2n) is 4.20. The summed E-state index contributed by atoms with van der Waals surface area (Å²) in [6, 6.07) is 0.562. The number of ether oxygens (including phenoxy) is 1. The second-order valence-corrected chi connectivity index (χ2v) is 6.39. The molecule has 0 spiro atoms. The monoisotopic (exact) mass is 317 g/mol. The van der Waals surface area contributed by atoms with Gasteiger partial charge < -0.3 is 15.4 Å². The molecule has 0 radical (unpaired) electrons. The Morgan fingerprint density at radius 1 is 1.48 bits per heavy atom. The molecule has 0 aromatic rings. The summed E-state index contributed by atoms with van der Waals surface area (Å²) in [7, 11) is -3.48. The van der Waals surface area contributed by atoms with Crippen LogP contribution >= 0.6 is 0 Å². The van der Waals surface area contributed by atoms with Gasteiger partial charge in [0.15, 0.2) is 0 Å². The highest BCUT2D eigenvalue weighted by Gasteiger charge is 2.25. The summed E-state index contributed by atoms with van der Waals surface area (Å²) in [4.78, 5) is 23.2. The molecule has 21 heavy (non-hydrogen) atoms. The SMILES string of the molecule is C=CCCOC(=O)NC(CS(C)(=O)=O)C(=O)NCCC#N. The van der Waals surface area contributed by atoms with Crippen molar-refractivity contribution in [2.45, 2.75) is 18.9 Å². The molecule has 0 saturated carbocycles. The number of alkyl carbamates (subject to hydrolysis) is 1. The molecular weight excluding hydrogens is 298 g/mol. The highest BCUT2D eigenvalue weighted by molar-refractivity contribution is 7.90. The van der Waals surface area contributed by atoms with E-state index < -0.39 is 33.6 Å². The molecule has 0 saturated heterocycles. The predicted octanol–water partition coefficient (Wildman–Crippen LogP) is -0.268. The normalized spacial score (nSPS) is 11.8. The molecule has 0 heterocycles. The minimum atomic E-state index is -3.48. The minimum absolute atomic E-state index is 0.0722. The number of nitrogens with zero attached hydrogens (tertiary/aromatic N) is 1. The van der Waals surface area contributed by atoms with Crippen LogP contribution in [-0.4, -0.2) is 51.6 Å². The predicted molar refractivity (Wildman–Crippen MR) is 76.0 cm³/mol. The molecule has 2 N–H and O–H groups in total. The number of nitrogens with one attached hydrogen (secondary N) is 2. The van der Waals surface area contributed by atoms with Gasteiger partial charge in [-0.1, -0.05) is 6.08 Å². The van der Waals surface area contributed by atoms with Crippen LogP contribution in [0.15, 0.2) is 12.7 Å². The molecule has 0 aliphatic rings. The smallest absolute Gasteiger partial charge is 0.407 e. The van der Waals surface area contributed by atoms with Gasteiger partial charge in [0, 0.05) is 12.8 Å². The van der Waals surface area contributed by atoms with E-state index in [-0.39, 0.29) is 19.6 Å². The largest absolute Gasteiger partial charge is 0.449 e. The van der Waals surface area contributed by atoms with Crippen LogP contribution in [0.5, 0.6) is 0 Å². The van der Waals surface area contributed by atoms with Gasteiger partial charge in [0.25, 0.3) is 0 Å². The molecule has 1 unspecified atom stereocenters. The summed E-state index contributed by atoms with van der Waals surface area (Å²) in [5.74, 6) is -1.24. The highest BCUT2D eigenvalue weighted by atomic mass is 32.2. The average Bonchev–Trinajstić information content (AvgIpc) is 2.37. The van der Waals surface area contributed by atoms with Crippen molar-refractivity contribution < 1.29 is 22.7 Å². The van der Waals surface area contributed by atoms with Crippen molar-refractivity contribution in [1.29, 1.82) is 5.26 Å². The Bertz CT molecular complexity index is 509. The fourth-order valence-corrected chi connectivity index (χ4v) is 2.11. The van der Waals surface area contributed by atoms with E-state index in [0.717, 1.165) is 6.26 Å². The van der Waals surface area contributed by atoms with Crippen LogP contribution in [0, 0.1) is 11.3 Å². The molecule has 0 fully saturated rings. The second kappa shape index (κ2) is 9.77. The van der Waals surface area contributed by atoms with Gasteiger partial charge in [-0.3, -0.25) is 4.79 Å². The Morgan fingerprint density at radius 3 is 2.67 bits per heavy atom. The molecule has 0 aromatic heterocycles. The maximum Gasteiger partial charge on any atom is 0.407 e. The lowest BCUT2D eigenvalue weighted by Gasteiger charge is -2.17. The van der Waals surface area contributed by atoms with Gasteiger partial charge in [0.2, 0.25) is 5.91 Å². The van der Waals surface area contributed by atoms with Crippen molar-refractivity contribution in [3.05, 3.63) is 12.7 Å². The average molecular weight is 317 g/mol. The van der Waals surface area contributed by atoms with Crippen molar-refractivity contribution in [2.24, 2.45) is 0 Å². The maximum absolute atomic E-state index is 11.8. The Labute approximate surface area is 124 Å². The molecular formula is C12H19N3O5S. The Balaban J connectivity index is 4.59. The van der Waals surface area contributed by atoms with Crippen molar-refractivity contribution in [1.82, 2.24) is 10.6 Å². The first-order valence-corrected chi connectivity index (χ1v) is 8.22. The van der Waals surface area contributed by atoms with E-state index in [4.69, 9.17) is 10.00 Å². The van der Waals surface area contributed by atoms with Crippen LogP contribution in [0.1, 0.15) is 12.8 Å². The van der Waals surface area contributed by atoms with Gasteiger partial charge in [-0.05, 0) is 6.42 Å². The highest BCUT2D eigenvalue weighted by Crippen LogP contribution is 1.95. The van der Waals surface area contributed by atoms with Crippen LogP contribution < -0.4 is 10.6 Å². The van der Waals surface area contributed by atoms with Gasteiger partial charge in [0.05, 0.1) is 24.8 Å². The fourth-order valence-electron chi connectivity index (χ4n) is 1.27. The molecule has 0 bridgehead atoms. The Hall–Kier alpha value is -2.08. The molecule has 0 aromatic carbocycles. The van der Waals surface area contributed by atoms with Crippen LogP contribution in [0.25, 0.3) is 0 Å². The quantitative estimate of drug-likeness (QED) is 0.445. The van der Waals surface area contributed by atoms with Crippen LogP contribution in [0.3, 0.4) is 0 Å². The van der Waals surface area contributed by atoms with Crippen molar-refractivity contribution >= 4 is 21.8 Å².